The average Bonchev–Trinajstić information content (AvgIpc) is 2.10. The first-order valence-corrected chi connectivity index (χ1v) is 4.08. The summed E-state index contributed by atoms with van der Waals surface area (Å²) in [4.78, 5) is 11.8. The molecule has 0 aliphatic heterocycles. The van der Waals surface area contributed by atoms with Crippen LogP contribution in [0.25, 0.3) is 0 Å². The van der Waals surface area contributed by atoms with Gasteiger partial charge in [0.2, 0.25) is 0 Å². The summed E-state index contributed by atoms with van der Waals surface area (Å²) in [5.74, 6) is 0. The van der Waals surface area contributed by atoms with Crippen molar-refractivity contribution in [3.05, 3.63) is 17.6 Å². The maximum Gasteiger partial charge on any atom is 0.0938 e. The van der Waals surface area contributed by atoms with Crippen LogP contribution in [0.2, 0.25) is 0 Å². The zero-order valence-electron chi connectivity index (χ0n) is 7.28. The molecular formula is C8H16N2O2. The first kappa shape index (κ1) is 11.3. The third-order valence-corrected chi connectivity index (χ3v) is 1.57. The van der Waals surface area contributed by atoms with Crippen LogP contribution >= 0.6 is 0 Å². The van der Waals surface area contributed by atoms with Crippen molar-refractivity contribution >= 4 is 0 Å². The van der Waals surface area contributed by atoms with Crippen LogP contribution in [0, 0.1) is 4.91 Å². The van der Waals surface area contributed by atoms with E-state index in [1.165, 1.54) is 0 Å². The van der Waals surface area contributed by atoms with Gasteiger partial charge in [0.05, 0.1) is 13.2 Å². The molecule has 0 aromatic carbocycles. The second-order valence-corrected chi connectivity index (χ2v) is 2.50. The molecule has 0 rings (SSSR count). The predicted molar refractivity (Wildman–Crippen MR) is 49.0 cm³/mol. The quantitative estimate of drug-likeness (QED) is 0.431. The van der Waals surface area contributed by atoms with Crippen LogP contribution in [-0.2, 0) is 0 Å². The van der Waals surface area contributed by atoms with Crippen molar-refractivity contribution in [3.8, 4) is 0 Å². The van der Waals surface area contributed by atoms with E-state index in [0.717, 1.165) is 13.0 Å². The smallest absolute Gasteiger partial charge is 0.0938 e. The lowest BCUT2D eigenvalue weighted by molar-refractivity contribution is 0.201. The monoisotopic (exact) mass is 172 g/mol. The molecule has 4 heteroatoms. The van der Waals surface area contributed by atoms with E-state index >= 15 is 0 Å². The van der Waals surface area contributed by atoms with Gasteiger partial charge in [-0.1, -0.05) is 11.3 Å². The minimum absolute atomic E-state index is 0.121. The molecule has 0 aliphatic carbocycles. The average molecular weight is 172 g/mol. The summed E-state index contributed by atoms with van der Waals surface area (Å²) in [7, 11) is 0. The van der Waals surface area contributed by atoms with E-state index in [9.17, 15) is 4.91 Å². The number of nitrogens with zero attached hydrogens (tertiary/aromatic N) is 2. The highest BCUT2D eigenvalue weighted by Gasteiger charge is 2.01. The third kappa shape index (κ3) is 6.00. The highest BCUT2D eigenvalue weighted by atomic mass is 16.3. The molecule has 0 heterocycles. The first-order chi connectivity index (χ1) is 5.85. The van der Waals surface area contributed by atoms with Gasteiger partial charge >= 0.3 is 0 Å². The Morgan fingerprint density at radius 1 is 1.42 bits per heavy atom. The van der Waals surface area contributed by atoms with Crippen molar-refractivity contribution < 1.29 is 5.11 Å². The summed E-state index contributed by atoms with van der Waals surface area (Å²) in [5.41, 5.74) is 0. The van der Waals surface area contributed by atoms with E-state index in [4.69, 9.17) is 5.11 Å². The Balaban J connectivity index is 3.52. The molecule has 70 valence electrons. The van der Waals surface area contributed by atoms with Crippen molar-refractivity contribution in [3.63, 3.8) is 0 Å². The summed E-state index contributed by atoms with van der Waals surface area (Å²) >= 11 is 0. The fourth-order valence-electron chi connectivity index (χ4n) is 0.933. The van der Waals surface area contributed by atoms with Gasteiger partial charge in [-0.3, -0.25) is 4.90 Å². The Kier molecular flexibility index (Phi) is 7.84. The van der Waals surface area contributed by atoms with Crippen LogP contribution in [0.15, 0.2) is 17.8 Å². The van der Waals surface area contributed by atoms with Crippen molar-refractivity contribution in [2.24, 2.45) is 5.18 Å². The fraction of sp³-hybridized carbons (Fsp3) is 0.750. The number of nitroso groups, excluding NO2 is 1. The van der Waals surface area contributed by atoms with E-state index in [1.807, 2.05) is 11.0 Å². The molecule has 0 aromatic rings. The highest BCUT2D eigenvalue weighted by Crippen LogP contribution is 1.91. The van der Waals surface area contributed by atoms with E-state index in [2.05, 4.69) is 11.8 Å². The Morgan fingerprint density at radius 3 is 2.67 bits per heavy atom. The SMILES string of the molecule is C=CCCN(CCO)CCN=O. The molecule has 0 unspecified atom stereocenters. The molecule has 0 aliphatic rings. The van der Waals surface area contributed by atoms with E-state index < -0.39 is 0 Å². The van der Waals surface area contributed by atoms with Gasteiger partial charge in [-0.05, 0) is 6.42 Å². The maximum atomic E-state index is 9.83. The van der Waals surface area contributed by atoms with Gasteiger partial charge in [0.1, 0.15) is 0 Å². The predicted octanol–water partition coefficient (Wildman–Crippen LogP) is 0.623. The standard InChI is InChI=1S/C8H16N2O2/c1-2-3-5-10(7-8-11)6-4-9-12/h2,11H,1,3-8H2. The Labute approximate surface area is 72.9 Å². The molecule has 0 amide bonds. The lowest BCUT2D eigenvalue weighted by Gasteiger charge is -2.18. The lowest BCUT2D eigenvalue weighted by atomic mass is 10.3. The Hall–Kier alpha value is -0.740. The van der Waals surface area contributed by atoms with Gasteiger partial charge in [-0.15, -0.1) is 6.58 Å². The Morgan fingerprint density at radius 2 is 2.17 bits per heavy atom. The number of rotatable bonds is 8. The zero-order chi connectivity index (χ0) is 9.23. The van der Waals surface area contributed by atoms with Crippen molar-refractivity contribution in [1.29, 1.82) is 0 Å². The molecule has 0 saturated carbocycles. The second-order valence-electron chi connectivity index (χ2n) is 2.50. The molecular weight excluding hydrogens is 156 g/mol. The molecule has 0 saturated heterocycles. The van der Waals surface area contributed by atoms with Crippen LogP contribution in [-0.4, -0.2) is 42.8 Å². The van der Waals surface area contributed by atoms with Crippen molar-refractivity contribution in [2.45, 2.75) is 6.42 Å². The number of aliphatic hydroxyl groups excluding tert-OH is 1. The largest absolute Gasteiger partial charge is 0.395 e. The van der Waals surface area contributed by atoms with Gasteiger partial charge in [0.15, 0.2) is 0 Å². The van der Waals surface area contributed by atoms with E-state index in [0.29, 0.717) is 13.1 Å². The van der Waals surface area contributed by atoms with Crippen LogP contribution in [0.3, 0.4) is 0 Å². The molecule has 0 aromatic heterocycles. The molecule has 12 heavy (non-hydrogen) atoms. The van der Waals surface area contributed by atoms with E-state index in [-0.39, 0.29) is 13.2 Å². The van der Waals surface area contributed by atoms with Crippen LogP contribution in [0.4, 0.5) is 0 Å². The summed E-state index contributed by atoms with van der Waals surface area (Å²) in [6.07, 6.45) is 2.69. The van der Waals surface area contributed by atoms with Gasteiger partial charge in [-0.25, -0.2) is 0 Å². The topological polar surface area (TPSA) is 52.9 Å². The number of hydrogen-bond donors (Lipinski definition) is 1. The number of hydrogen-bond acceptors (Lipinski definition) is 4. The van der Waals surface area contributed by atoms with Crippen LogP contribution in [0.1, 0.15) is 6.42 Å². The summed E-state index contributed by atoms with van der Waals surface area (Å²) in [6, 6.07) is 0. The maximum absolute atomic E-state index is 9.83. The van der Waals surface area contributed by atoms with Gasteiger partial charge in [0, 0.05) is 19.6 Å². The molecule has 0 bridgehead atoms. The molecule has 1 N–H and O–H groups in total. The van der Waals surface area contributed by atoms with Crippen LogP contribution < -0.4 is 0 Å². The minimum atomic E-state index is 0.121. The molecule has 4 nitrogen and oxygen atoms in total. The molecule has 0 atom stereocenters. The zero-order valence-corrected chi connectivity index (χ0v) is 7.28. The summed E-state index contributed by atoms with van der Waals surface area (Å²) < 4.78 is 0. The minimum Gasteiger partial charge on any atom is -0.395 e. The third-order valence-electron chi connectivity index (χ3n) is 1.57. The Bertz CT molecular complexity index is 116. The lowest BCUT2D eigenvalue weighted by Crippen LogP contribution is -2.30. The normalized spacial score (nSPS) is 10.2. The fourth-order valence-corrected chi connectivity index (χ4v) is 0.933. The number of aliphatic hydroxyl groups is 1. The first-order valence-electron chi connectivity index (χ1n) is 4.08. The van der Waals surface area contributed by atoms with Gasteiger partial charge < -0.3 is 5.11 Å². The van der Waals surface area contributed by atoms with Crippen LogP contribution in [0.5, 0.6) is 0 Å². The summed E-state index contributed by atoms with van der Waals surface area (Å²) in [5, 5.41) is 11.4. The van der Waals surface area contributed by atoms with Crippen molar-refractivity contribution in [2.75, 3.05) is 32.8 Å². The molecule has 0 fully saturated rings. The van der Waals surface area contributed by atoms with E-state index in [1.54, 1.807) is 0 Å². The van der Waals surface area contributed by atoms with Crippen molar-refractivity contribution in [1.82, 2.24) is 4.90 Å². The second kappa shape index (κ2) is 8.36. The van der Waals surface area contributed by atoms with Gasteiger partial charge in [0.25, 0.3) is 0 Å². The summed E-state index contributed by atoms with van der Waals surface area (Å²) in [6.45, 7) is 6.06. The highest BCUT2D eigenvalue weighted by molar-refractivity contribution is 4.70. The molecule has 0 radical (unpaired) electrons. The van der Waals surface area contributed by atoms with Gasteiger partial charge in [-0.2, -0.15) is 4.91 Å². The molecule has 0 spiro atoms.